The van der Waals surface area contributed by atoms with Gasteiger partial charge in [0.05, 0.1) is 11.9 Å². The Morgan fingerprint density at radius 3 is 2.44 bits per heavy atom. The highest BCUT2D eigenvalue weighted by atomic mass is 16.1. The van der Waals surface area contributed by atoms with Crippen molar-refractivity contribution in [1.29, 1.82) is 0 Å². The smallest absolute Gasteiger partial charge is 0.269 e. The van der Waals surface area contributed by atoms with Crippen LogP contribution in [0.5, 0.6) is 0 Å². The van der Waals surface area contributed by atoms with Crippen LogP contribution in [0.3, 0.4) is 0 Å². The molecular formula is C22H36N4O. The van der Waals surface area contributed by atoms with E-state index in [0.717, 1.165) is 43.8 Å². The molecule has 2 heterocycles. The molecule has 1 N–H and O–H groups in total. The van der Waals surface area contributed by atoms with Crippen LogP contribution in [0.25, 0.3) is 0 Å². The summed E-state index contributed by atoms with van der Waals surface area (Å²) in [6.45, 7) is 11.6. The van der Waals surface area contributed by atoms with Crippen molar-refractivity contribution in [1.82, 2.24) is 15.2 Å². The highest BCUT2D eigenvalue weighted by Gasteiger charge is 2.39. The predicted molar refractivity (Wildman–Crippen MR) is 111 cm³/mol. The monoisotopic (exact) mass is 372 g/mol. The van der Waals surface area contributed by atoms with E-state index in [1.165, 1.54) is 32.1 Å². The SMILES string of the molecule is CCC(C)(CC)C1CC[C@H](N2CCN(c3ccc(C(=O)NC)nc3)CC2)C1. The minimum atomic E-state index is -0.131. The lowest BCUT2D eigenvalue weighted by atomic mass is 9.72. The number of hydrogen-bond acceptors (Lipinski definition) is 4. The quantitative estimate of drug-likeness (QED) is 0.829. The van der Waals surface area contributed by atoms with Gasteiger partial charge >= 0.3 is 0 Å². The lowest BCUT2D eigenvalue weighted by Gasteiger charge is -2.40. The van der Waals surface area contributed by atoms with E-state index in [9.17, 15) is 4.79 Å². The van der Waals surface area contributed by atoms with E-state index in [0.29, 0.717) is 11.1 Å². The van der Waals surface area contributed by atoms with Gasteiger partial charge < -0.3 is 10.2 Å². The van der Waals surface area contributed by atoms with Crippen LogP contribution in [-0.4, -0.2) is 55.1 Å². The first-order valence-electron chi connectivity index (χ1n) is 10.7. The molecule has 2 fully saturated rings. The molecule has 1 unspecified atom stereocenters. The zero-order valence-electron chi connectivity index (χ0n) is 17.5. The second kappa shape index (κ2) is 8.59. The van der Waals surface area contributed by atoms with E-state index in [4.69, 9.17) is 0 Å². The standard InChI is InChI=1S/C22H36N4O/c1-5-22(3,6-2)17-7-8-18(15-17)25-11-13-26(14-12-25)19-9-10-20(24-16-19)21(27)23-4/h9-10,16-18H,5-8,11-15H2,1-4H3,(H,23,27)/t17?,18-/m0/s1. The van der Waals surface area contributed by atoms with Crippen LogP contribution in [0, 0.1) is 11.3 Å². The van der Waals surface area contributed by atoms with Gasteiger partial charge in [-0.3, -0.25) is 9.69 Å². The molecule has 1 aliphatic heterocycles. The average Bonchev–Trinajstić information content (AvgIpc) is 3.24. The Kier molecular flexibility index (Phi) is 6.40. The minimum absolute atomic E-state index is 0.131. The van der Waals surface area contributed by atoms with Crippen LogP contribution < -0.4 is 10.2 Å². The van der Waals surface area contributed by atoms with Crippen molar-refractivity contribution in [3.8, 4) is 0 Å². The second-order valence-electron chi connectivity index (χ2n) is 8.53. The molecule has 2 aliphatic rings. The lowest BCUT2D eigenvalue weighted by Crippen LogP contribution is -2.50. The molecule has 2 atom stereocenters. The molecule has 150 valence electrons. The number of hydrogen-bond donors (Lipinski definition) is 1. The molecule has 5 nitrogen and oxygen atoms in total. The maximum absolute atomic E-state index is 11.6. The Bertz CT molecular complexity index is 618. The van der Waals surface area contributed by atoms with Crippen molar-refractivity contribution in [2.75, 3.05) is 38.1 Å². The third kappa shape index (κ3) is 4.29. The summed E-state index contributed by atoms with van der Waals surface area (Å²) < 4.78 is 0. The summed E-state index contributed by atoms with van der Waals surface area (Å²) in [4.78, 5) is 21.1. The van der Waals surface area contributed by atoms with Crippen LogP contribution in [-0.2, 0) is 0 Å². The van der Waals surface area contributed by atoms with Crippen molar-refractivity contribution in [2.45, 2.75) is 58.9 Å². The molecule has 1 aliphatic carbocycles. The van der Waals surface area contributed by atoms with Gasteiger partial charge in [0.1, 0.15) is 5.69 Å². The Morgan fingerprint density at radius 2 is 1.89 bits per heavy atom. The molecule has 1 amide bonds. The Labute approximate surface area is 164 Å². The fourth-order valence-corrected chi connectivity index (χ4v) is 4.93. The molecule has 3 rings (SSSR count). The number of nitrogens with zero attached hydrogens (tertiary/aromatic N) is 3. The minimum Gasteiger partial charge on any atom is -0.368 e. The van der Waals surface area contributed by atoms with E-state index in [-0.39, 0.29) is 5.91 Å². The van der Waals surface area contributed by atoms with Gasteiger partial charge in [-0.2, -0.15) is 0 Å². The third-order valence-corrected chi connectivity index (χ3v) is 7.41. The maximum Gasteiger partial charge on any atom is 0.269 e. The number of aromatic nitrogens is 1. The van der Waals surface area contributed by atoms with E-state index < -0.39 is 0 Å². The summed E-state index contributed by atoms with van der Waals surface area (Å²) in [5, 5.41) is 2.62. The number of carbonyl (C=O) groups excluding carboxylic acids is 1. The van der Waals surface area contributed by atoms with Gasteiger partial charge in [-0.1, -0.05) is 33.6 Å². The molecule has 0 bridgehead atoms. The van der Waals surface area contributed by atoms with Crippen LogP contribution in [0.1, 0.15) is 63.4 Å². The van der Waals surface area contributed by atoms with Crippen LogP contribution in [0.15, 0.2) is 18.3 Å². The molecule has 1 saturated heterocycles. The highest BCUT2D eigenvalue weighted by Crippen LogP contribution is 2.45. The van der Waals surface area contributed by atoms with Crippen molar-refractivity contribution >= 4 is 11.6 Å². The van der Waals surface area contributed by atoms with Crippen molar-refractivity contribution in [3.05, 3.63) is 24.0 Å². The summed E-state index contributed by atoms with van der Waals surface area (Å²) in [6.07, 6.45) is 8.57. The molecule has 27 heavy (non-hydrogen) atoms. The first kappa shape index (κ1) is 20.1. The summed E-state index contributed by atoms with van der Waals surface area (Å²) >= 11 is 0. The van der Waals surface area contributed by atoms with Crippen LogP contribution >= 0.6 is 0 Å². The molecule has 1 aromatic heterocycles. The van der Waals surface area contributed by atoms with Crippen LogP contribution in [0.4, 0.5) is 5.69 Å². The molecule has 1 saturated carbocycles. The van der Waals surface area contributed by atoms with Gasteiger partial charge in [-0.05, 0) is 42.7 Å². The highest BCUT2D eigenvalue weighted by molar-refractivity contribution is 5.92. The van der Waals surface area contributed by atoms with Gasteiger partial charge in [0, 0.05) is 39.3 Å². The number of pyridine rings is 1. The van der Waals surface area contributed by atoms with Crippen molar-refractivity contribution in [3.63, 3.8) is 0 Å². The zero-order chi connectivity index (χ0) is 19.4. The number of rotatable bonds is 6. The van der Waals surface area contributed by atoms with Gasteiger partial charge in [-0.25, -0.2) is 4.98 Å². The maximum atomic E-state index is 11.6. The molecule has 0 spiro atoms. The number of anilines is 1. The predicted octanol–water partition coefficient (Wildman–Crippen LogP) is 3.56. The number of amides is 1. The topological polar surface area (TPSA) is 48.5 Å². The first-order valence-corrected chi connectivity index (χ1v) is 10.7. The molecule has 0 aromatic carbocycles. The van der Waals surface area contributed by atoms with Gasteiger partial charge in [-0.15, -0.1) is 0 Å². The second-order valence-corrected chi connectivity index (χ2v) is 8.53. The summed E-state index contributed by atoms with van der Waals surface area (Å²) in [5.41, 5.74) is 2.12. The largest absolute Gasteiger partial charge is 0.368 e. The summed E-state index contributed by atoms with van der Waals surface area (Å²) in [6, 6.07) is 4.61. The average molecular weight is 373 g/mol. The van der Waals surface area contributed by atoms with Gasteiger partial charge in [0.15, 0.2) is 0 Å². The van der Waals surface area contributed by atoms with Gasteiger partial charge in [0.25, 0.3) is 5.91 Å². The Balaban J connectivity index is 1.53. The van der Waals surface area contributed by atoms with E-state index in [1.807, 2.05) is 18.3 Å². The van der Waals surface area contributed by atoms with E-state index in [1.54, 1.807) is 7.05 Å². The molecule has 5 heteroatoms. The van der Waals surface area contributed by atoms with Crippen LogP contribution in [0.2, 0.25) is 0 Å². The summed E-state index contributed by atoms with van der Waals surface area (Å²) in [7, 11) is 1.63. The lowest BCUT2D eigenvalue weighted by molar-refractivity contribution is 0.0958. The Hall–Kier alpha value is -1.62. The first-order chi connectivity index (χ1) is 13.0. The van der Waals surface area contributed by atoms with Gasteiger partial charge in [0.2, 0.25) is 0 Å². The fourth-order valence-electron chi connectivity index (χ4n) is 4.93. The molecule has 0 radical (unpaired) electrons. The Morgan fingerprint density at radius 1 is 1.19 bits per heavy atom. The molecular weight excluding hydrogens is 336 g/mol. The van der Waals surface area contributed by atoms with Crippen molar-refractivity contribution < 1.29 is 4.79 Å². The van der Waals surface area contributed by atoms with E-state index in [2.05, 4.69) is 40.9 Å². The zero-order valence-corrected chi connectivity index (χ0v) is 17.5. The summed E-state index contributed by atoms with van der Waals surface area (Å²) in [5.74, 6) is 0.755. The molecule has 1 aromatic rings. The third-order valence-electron chi connectivity index (χ3n) is 7.41. The number of carbonyl (C=O) groups is 1. The normalized spacial score (nSPS) is 24.2. The number of piperazine rings is 1. The van der Waals surface area contributed by atoms with E-state index >= 15 is 0 Å². The van der Waals surface area contributed by atoms with Crippen molar-refractivity contribution in [2.24, 2.45) is 11.3 Å². The fraction of sp³-hybridized carbons (Fsp3) is 0.727. The number of nitrogens with one attached hydrogen (secondary N) is 1.